The first-order valence-electron chi connectivity index (χ1n) is 7.72. The van der Waals surface area contributed by atoms with Gasteiger partial charge in [-0.25, -0.2) is 0 Å². The number of rotatable bonds is 2. The number of benzene rings is 1. The average molecular weight is 329 g/mol. The average Bonchev–Trinajstić information content (AvgIpc) is 2.23. The molecule has 0 amide bonds. The molecule has 0 saturated carbocycles. The number of nitrogens with one attached hydrogen (secondary N) is 1. The van der Waals surface area contributed by atoms with Crippen LogP contribution >= 0.6 is 8.69 Å². The zero-order valence-corrected chi connectivity index (χ0v) is 16.3. The Kier molecular flexibility index (Phi) is 5.34. The van der Waals surface area contributed by atoms with Crippen molar-refractivity contribution >= 4 is 14.4 Å². The zero-order valence-electron chi connectivity index (χ0n) is 15.4. The number of anilines is 1. The summed E-state index contributed by atoms with van der Waals surface area (Å²) < 4.78 is 26.3. The van der Waals surface area contributed by atoms with Crippen molar-refractivity contribution in [3.63, 3.8) is 0 Å². The molecule has 0 aliphatic heterocycles. The summed E-state index contributed by atoms with van der Waals surface area (Å²) in [6, 6.07) is 4.19. The molecule has 0 unspecified atom stereocenters. The van der Waals surface area contributed by atoms with Crippen molar-refractivity contribution < 1.29 is 8.39 Å². The maximum absolute atomic E-state index is 13.1. The van der Waals surface area contributed by atoms with Crippen LogP contribution in [0.4, 0.5) is 14.1 Å². The molecule has 0 radical (unpaired) electrons. The smallest absolute Gasteiger partial charge is 0.312 e. The van der Waals surface area contributed by atoms with Crippen LogP contribution < -0.4 is 5.09 Å². The first-order chi connectivity index (χ1) is 9.64. The van der Waals surface area contributed by atoms with Gasteiger partial charge in [-0.2, -0.15) is 8.39 Å². The SMILES string of the molecule is CC(C)(C)c1cc(C(C)(C)C)c(NP(F)F)c(C(C)(C)C)c1. The van der Waals surface area contributed by atoms with E-state index in [-0.39, 0.29) is 16.2 Å². The summed E-state index contributed by atoms with van der Waals surface area (Å²) in [6.07, 6.45) is 0. The molecule has 1 nitrogen and oxygen atoms in total. The maximum Gasteiger partial charge on any atom is 0.371 e. The van der Waals surface area contributed by atoms with Gasteiger partial charge in [0.25, 0.3) is 0 Å². The summed E-state index contributed by atoms with van der Waals surface area (Å²) in [5.74, 6) is 0. The minimum atomic E-state index is -3.19. The fourth-order valence-electron chi connectivity index (χ4n) is 2.46. The van der Waals surface area contributed by atoms with Crippen LogP contribution in [0.25, 0.3) is 0 Å². The summed E-state index contributed by atoms with van der Waals surface area (Å²) in [5, 5.41) is 2.47. The lowest BCUT2D eigenvalue weighted by atomic mass is 9.74. The van der Waals surface area contributed by atoms with Crippen LogP contribution in [-0.2, 0) is 16.2 Å². The standard InChI is InChI=1S/C18H30F2NP/c1-16(2,3)12-10-13(17(4,5)6)15(21-22(19)20)14(11-12)18(7,8)9/h10-11,21H,1-9H3. The van der Waals surface area contributed by atoms with Crippen LogP contribution in [0.15, 0.2) is 12.1 Å². The van der Waals surface area contributed by atoms with Gasteiger partial charge in [0.2, 0.25) is 0 Å². The van der Waals surface area contributed by atoms with E-state index in [0.717, 1.165) is 11.1 Å². The molecule has 22 heavy (non-hydrogen) atoms. The molecule has 0 fully saturated rings. The number of halogens is 2. The third kappa shape index (κ3) is 4.65. The summed E-state index contributed by atoms with van der Waals surface area (Å²) in [6.45, 7) is 18.9. The Morgan fingerprint density at radius 1 is 0.727 bits per heavy atom. The molecule has 0 spiro atoms. The summed E-state index contributed by atoms with van der Waals surface area (Å²) in [4.78, 5) is 0. The van der Waals surface area contributed by atoms with E-state index in [1.54, 1.807) is 0 Å². The van der Waals surface area contributed by atoms with E-state index in [2.05, 4.69) is 79.5 Å². The third-order valence-corrected chi connectivity index (χ3v) is 4.21. The Morgan fingerprint density at radius 3 is 1.32 bits per heavy atom. The van der Waals surface area contributed by atoms with Crippen LogP contribution in [0.1, 0.15) is 79.0 Å². The molecule has 1 N–H and O–H groups in total. The van der Waals surface area contributed by atoms with Gasteiger partial charge in [0, 0.05) is 5.69 Å². The Labute approximate surface area is 135 Å². The third-order valence-electron chi connectivity index (χ3n) is 3.82. The lowest BCUT2D eigenvalue weighted by Crippen LogP contribution is -2.23. The van der Waals surface area contributed by atoms with Gasteiger partial charge in [-0.1, -0.05) is 74.4 Å². The van der Waals surface area contributed by atoms with Gasteiger partial charge in [0.05, 0.1) is 0 Å². The monoisotopic (exact) mass is 329 g/mol. The molecule has 1 aromatic carbocycles. The van der Waals surface area contributed by atoms with Crippen molar-refractivity contribution in [2.75, 3.05) is 5.09 Å². The highest BCUT2D eigenvalue weighted by Gasteiger charge is 2.30. The molecule has 0 aliphatic carbocycles. The predicted molar refractivity (Wildman–Crippen MR) is 95.3 cm³/mol. The lowest BCUT2D eigenvalue weighted by Gasteiger charge is -2.33. The minimum Gasteiger partial charge on any atom is -0.312 e. The van der Waals surface area contributed by atoms with Crippen molar-refractivity contribution in [3.05, 3.63) is 28.8 Å². The molecule has 0 aliphatic rings. The van der Waals surface area contributed by atoms with Crippen LogP contribution in [0, 0.1) is 0 Å². The lowest BCUT2D eigenvalue weighted by molar-refractivity contribution is 0.551. The highest BCUT2D eigenvalue weighted by Crippen LogP contribution is 2.47. The molecule has 0 bridgehead atoms. The van der Waals surface area contributed by atoms with Crippen LogP contribution in [-0.4, -0.2) is 0 Å². The van der Waals surface area contributed by atoms with Crippen molar-refractivity contribution in [1.82, 2.24) is 0 Å². The van der Waals surface area contributed by atoms with Crippen LogP contribution in [0.5, 0.6) is 0 Å². The zero-order chi connectivity index (χ0) is 17.5. The van der Waals surface area contributed by atoms with Crippen molar-refractivity contribution in [1.29, 1.82) is 0 Å². The van der Waals surface area contributed by atoms with E-state index < -0.39 is 8.69 Å². The molecule has 1 rings (SSSR count). The van der Waals surface area contributed by atoms with Gasteiger partial charge in [0.15, 0.2) is 0 Å². The molecule has 0 atom stereocenters. The highest BCUT2D eigenvalue weighted by atomic mass is 31.2. The number of hydrogen-bond donors (Lipinski definition) is 1. The van der Waals surface area contributed by atoms with Crippen LogP contribution in [0.2, 0.25) is 0 Å². The fraction of sp³-hybridized carbons (Fsp3) is 0.667. The molecule has 0 aromatic heterocycles. The second-order valence-corrected chi connectivity index (χ2v) is 9.73. The normalized spacial score (nSPS) is 13.6. The summed E-state index contributed by atoms with van der Waals surface area (Å²) in [7, 11) is -3.19. The second-order valence-electron chi connectivity index (χ2n) is 9.04. The molecular weight excluding hydrogens is 299 g/mol. The largest absolute Gasteiger partial charge is 0.371 e. The van der Waals surface area contributed by atoms with Crippen molar-refractivity contribution in [2.24, 2.45) is 0 Å². The Hall–Kier alpha value is -0.690. The van der Waals surface area contributed by atoms with E-state index in [0.29, 0.717) is 5.69 Å². The van der Waals surface area contributed by atoms with E-state index in [1.165, 1.54) is 5.56 Å². The minimum absolute atomic E-state index is 0.0192. The van der Waals surface area contributed by atoms with Gasteiger partial charge in [-0.15, -0.1) is 0 Å². The topological polar surface area (TPSA) is 12.0 Å². The van der Waals surface area contributed by atoms with Gasteiger partial charge < -0.3 is 5.09 Å². The molecule has 0 heterocycles. The first kappa shape index (κ1) is 19.4. The van der Waals surface area contributed by atoms with Gasteiger partial charge >= 0.3 is 8.69 Å². The quantitative estimate of drug-likeness (QED) is 0.568. The van der Waals surface area contributed by atoms with E-state index in [1.807, 2.05) is 0 Å². The van der Waals surface area contributed by atoms with E-state index in [9.17, 15) is 8.39 Å². The second kappa shape index (κ2) is 6.07. The maximum atomic E-state index is 13.1. The van der Waals surface area contributed by atoms with Crippen molar-refractivity contribution in [2.45, 2.75) is 78.6 Å². The summed E-state index contributed by atoms with van der Waals surface area (Å²) in [5.41, 5.74) is 3.32. The highest BCUT2D eigenvalue weighted by molar-refractivity contribution is 7.48. The molecular formula is C18H30F2NP. The van der Waals surface area contributed by atoms with Gasteiger partial charge in [-0.3, -0.25) is 0 Å². The van der Waals surface area contributed by atoms with Crippen LogP contribution in [0.3, 0.4) is 0 Å². The van der Waals surface area contributed by atoms with Crippen molar-refractivity contribution in [3.8, 4) is 0 Å². The van der Waals surface area contributed by atoms with E-state index in [4.69, 9.17) is 0 Å². The molecule has 1 aromatic rings. The summed E-state index contributed by atoms with van der Waals surface area (Å²) >= 11 is 0. The molecule has 4 heteroatoms. The van der Waals surface area contributed by atoms with Gasteiger partial charge in [-0.05, 0) is 32.9 Å². The Bertz CT molecular complexity index is 496. The molecule has 0 saturated heterocycles. The van der Waals surface area contributed by atoms with Gasteiger partial charge in [0.1, 0.15) is 0 Å². The molecule has 126 valence electrons. The van der Waals surface area contributed by atoms with E-state index >= 15 is 0 Å². The fourth-order valence-corrected chi connectivity index (χ4v) is 2.87. The predicted octanol–water partition coefficient (Wildman–Crippen LogP) is 7.16. The Balaban J connectivity index is 3.78. The first-order valence-corrected chi connectivity index (χ1v) is 8.84. The Morgan fingerprint density at radius 2 is 1.09 bits per heavy atom. The number of hydrogen-bond acceptors (Lipinski definition) is 1.